The van der Waals surface area contributed by atoms with Gasteiger partial charge in [0.05, 0.1) is 0 Å². The van der Waals surface area contributed by atoms with Crippen LogP contribution in [0.25, 0.3) is 0 Å². The van der Waals surface area contributed by atoms with Crippen LogP contribution in [0.15, 0.2) is 23.5 Å². The first-order valence-electron chi connectivity index (χ1n) is 6.41. The average Bonchev–Trinajstić information content (AvgIpc) is 2.46. The molecule has 0 radical (unpaired) electrons. The number of rotatable bonds is 9. The number of pyridine rings is 1. The number of unbranched alkanes of at least 4 members (excludes halogenated alkanes) is 2. The van der Waals surface area contributed by atoms with Gasteiger partial charge in [0, 0.05) is 12.7 Å². The molecule has 0 amide bonds. The zero-order valence-electron chi connectivity index (χ0n) is 11.3. The number of oxime groups is 1. The molecule has 0 saturated carbocycles. The van der Waals surface area contributed by atoms with Crippen LogP contribution in [0.5, 0.6) is 0 Å². The minimum absolute atomic E-state index is 0.0531. The summed E-state index contributed by atoms with van der Waals surface area (Å²) in [4.78, 5) is 4.13. The van der Waals surface area contributed by atoms with Gasteiger partial charge in [-0.2, -0.15) is 11.8 Å². The Kier molecular flexibility index (Phi) is 8.00. The van der Waals surface area contributed by atoms with E-state index in [1.807, 2.05) is 23.9 Å². The van der Waals surface area contributed by atoms with Crippen molar-refractivity contribution in [2.24, 2.45) is 10.9 Å². The molecule has 1 rings (SSSR count). The summed E-state index contributed by atoms with van der Waals surface area (Å²) in [6.07, 6.45) is 7.45. The molecule has 1 heterocycles. The molecule has 0 aromatic carbocycles. The van der Waals surface area contributed by atoms with Crippen LogP contribution in [0.4, 0.5) is 0 Å². The molecule has 6 heteroatoms. The maximum atomic E-state index is 8.71. The second-order valence-corrected chi connectivity index (χ2v) is 5.21. The summed E-state index contributed by atoms with van der Waals surface area (Å²) >= 11 is 1.89. The van der Waals surface area contributed by atoms with Crippen molar-refractivity contribution in [3.63, 3.8) is 0 Å². The van der Waals surface area contributed by atoms with Gasteiger partial charge in [-0.15, -0.1) is 0 Å². The van der Waals surface area contributed by atoms with Crippen molar-refractivity contribution in [2.45, 2.75) is 25.8 Å². The normalized spacial score (nSPS) is 11.7. The third kappa shape index (κ3) is 5.94. The molecule has 0 saturated heterocycles. The third-order valence-electron chi connectivity index (χ3n) is 2.76. The van der Waals surface area contributed by atoms with Crippen LogP contribution in [0.1, 0.15) is 30.5 Å². The van der Waals surface area contributed by atoms with Crippen molar-refractivity contribution in [1.29, 1.82) is 0 Å². The molecule has 0 bridgehead atoms. The quantitative estimate of drug-likeness (QED) is 0.211. The molecule has 0 aliphatic heterocycles. The summed E-state index contributed by atoms with van der Waals surface area (Å²) in [7, 11) is 0. The first-order chi connectivity index (χ1) is 9.29. The predicted octanol–water partition coefficient (Wildman–Crippen LogP) is 1.80. The fourth-order valence-electron chi connectivity index (χ4n) is 1.76. The van der Waals surface area contributed by atoms with Crippen molar-refractivity contribution in [3.8, 4) is 0 Å². The zero-order valence-corrected chi connectivity index (χ0v) is 12.1. The lowest BCUT2D eigenvalue weighted by Crippen LogP contribution is -2.21. The highest BCUT2D eigenvalue weighted by atomic mass is 32.2. The Morgan fingerprint density at radius 1 is 1.47 bits per heavy atom. The Morgan fingerprint density at radius 3 is 3.05 bits per heavy atom. The van der Waals surface area contributed by atoms with E-state index in [-0.39, 0.29) is 5.84 Å². The third-order valence-corrected chi connectivity index (χ3v) is 3.46. The van der Waals surface area contributed by atoms with E-state index in [1.165, 1.54) is 25.0 Å². The van der Waals surface area contributed by atoms with Crippen LogP contribution < -0.4 is 11.1 Å². The van der Waals surface area contributed by atoms with E-state index in [1.54, 1.807) is 6.20 Å². The van der Waals surface area contributed by atoms with Gasteiger partial charge in [-0.05, 0) is 43.0 Å². The zero-order chi connectivity index (χ0) is 13.9. The Hall–Kier alpha value is -1.27. The summed E-state index contributed by atoms with van der Waals surface area (Å²) in [5.74, 6) is 1.29. The summed E-state index contributed by atoms with van der Waals surface area (Å²) in [6.45, 7) is 1.65. The smallest absolute Gasteiger partial charge is 0.189 e. The van der Waals surface area contributed by atoms with Crippen molar-refractivity contribution >= 4 is 17.6 Å². The van der Waals surface area contributed by atoms with Gasteiger partial charge in [0.2, 0.25) is 0 Å². The van der Waals surface area contributed by atoms with Gasteiger partial charge in [0.25, 0.3) is 0 Å². The molecule has 0 atom stereocenters. The molecular formula is C13H22N4OS. The fourth-order valence-corrected chi connectivity index (χ4v) is 2.25. The van der Waals surface area contributed by atoms with Gasteiger partial charge in [-0.25, -0.2) is 0 Å². The number of thioether (sulfide) groups is 1. The van der Waals surface area contributed by atoms with Gasteiger partial charge in [0.1, 0.15) is 5.69 Å². The van der Waals surface area contributed by atoms with Gasteiger partial charge < -0.3 is 16.3 Å². The van der Waals surface area contributed by atoms with E-state index in [0.29, 0.717) is 12.2 Å². The van der Waals surface area contributed by atoms with Crippen LogP contribution in [0.2, 0.25) is 0 Å². The lowest BCUT2D eigenvalue weighted by molar-refractivity contribution is 0.318. The summed E-state index contributed by atoms with van der Waals surface area (Å²) in [5.41, 5.74) is 7.08. The lowest BCUT2D eigenvalue weighted by atomic mass is 10.1. The average molecular weight is 282 g/mol. The van der Waals surface area contributed by atoms with E-state index < -0.39 is 0 Å². The van der Waals surface area contributed by atoms with E-state index in [4.69, 9.17) is 10.9 Å². The second kappa shape index (κ2) is 9.63. The molecule has 0 aliphatic rings. The number of nitrogens with zero attached hydrogens (tertiary/aromatic N) is 2. The monoisotopic (exact) mass is 282 g/mol. The molecule has 5 nitrogen and oxygen atoms in total. The molecule has 1 aromatic rings. The largest absolute Gasteiger partial charge is 0.409 e. The number of hydrogen-bond donors (Lipinski definition) is 3. The number of aromatic nitrogens is 1. The van der Waals surface area contributed by atoms with Crippen LogP contribution in [0, 0.1) is 0 Å². The van der Waals surface area contributed by atoms with Gasteiger partial charge in [0.15, 0.2) is 5.84 Å². The van der Waals surface area contributed by atoms with Gasteiger partial charge in [-0.1, -0.05) is 17.6 Å². The van der Waals surface area contributed by atoms with Gasteiger partial charge >= 0.3 is 0 Å². The highest BCUT2D eigenvalue weighted by molar-refractivity contribution is 7.98. The minimum atomic E-state index is 0.0531. The molecule has 0 fully saturated rings. The van der Waals surface area contributed by atoms with E-state index >= 15 is 0 Å². The van der Waals surface area contributed by atoms with Crippen molar-refractivity contribution in [3.05, 3.63) is 29.6 Å². The van der Waals surface area contributed by atoms with Crippen molar-refractivity contribution < 1.29 is 5.21 Å². The van der Waals surface area contributed by atoms with E-state index in [9.17, 15) is 0 Å². The standard InChI is InChI=1S/C13H22N4OS/c1-19-9-4-2-3-7-15-10-11-6-5-8-16-12(11)13(14)17-18/h5-6,8,15,18H,2-4,7,9-10H2,1H3,(H2,14,17). The fraction of sp³-hybridized carbons (Fsp3) is 0.538. The van der Waals surface area contributed by atoms with Crippen molar-refractivity contribution in [2.75, 3.05) is 18.6 Å². The molecular weight excluding hydrogens is 260 g/mol. The number of nitrogens with one attached hydrogen (secondary N) is 1. The molecule has 106 valence electrons. The minimum Gasteiger partial charge on any atom is -0.409 e. The molecule has 4 N–H and O–H groups in total. The predicted molar refractivity (Wildman–Crippen MR) is 80.7 cm³/mol. The highest BCUT2D eigenvalue weighted by Crippen LogP contribution is 2.05. The summed E-state index contributed by atoms with van der Waals surface area (Å²) < 4.78 is 0. The van der Waals surface area contributed by atoms with Crippen LogP contribution in [-0.4, -0.2) is 34.6 Å². The summed E-state index contributed by atoms with van der Waals surface area (Å²) in [6, 6.07) is 3.78. The Bertz CT molecular complexity index is 398. The highest BCUT2D eigenvalue weighted by Gasteiger charge is 2.07. The van der Waals surface area contributed by atoms with E-state index in [2.05, 4.69) is 21.7 Å². The Balaban J connectivity index is 2.33. The van der Waals surface area contributed by atoms with Crippen LogP contribution >= 0.6 is 11.8 Å². The molecule has 1 aromatic heterocycles. The topological polar surface area (TPSA) is 83.5 Å². The van der Waals surface area contributed by atoms with Crippen LogP contribution in [0.3, 0.4) is 0 Å². The lowest BCUT2D eigenvalue weighted by Gasteiger charge is -2.08. The van der Waals surface area contributed by atoms with E-state index in [0.717, 1.165) is 12.1 Å². The number of amidine groups is 1. The number of hydrogen-bond acceptors (Lipinski definition) is 5. The van der Waals surface area contributed by atoms with Gasteiger partial charge in [-0.3, -0.25) is 4.98 Å². The molecule has 0 aliphatic carbocycles. The second-order valence-electron chi connectivity index (χ2n) is 4.23. The molecule has 0 unspecified atom stereocenters. The SMILES string of the molecule is CSCCCCCNCc1cccnc1/C(N)=N/O. The number of nitrogens with two attached hydrogens (primary N) is 1. The first-order valence-corrected chi connectivity index (χ1v) is 7.80. The molecule has 19 heavy (non-hydrogen) atoms. The van der Waals surface area contributed by atoms with Crippen LogP contribution in [-0.2, 0) is 6.54 Å². The first kappa shape index (κ1) is 15.8. The molecule has 0 spiro atoms. The summed E-state index contributed by atoms with van der Waals surface area (Å²) in [5, 5.41) is 15.1. The maximum Gasteiger partial charge on any atom is 0.189 e. The Labute approximate surface area is 118 Å². The maximum absolute atomic E-state index is 8.71. The van der Waals surface area contributed by atoms with Crippen molar-refractivity contribution in [1.82, 2.24) is 10.3 Å². The Morgan fingerprint density at radius 2 is 2.32 bits per heavy atom.